The highest BCUT2D eigenvalue weighted by atomic mass is 16.3. The van der Waals surface area contributed by atoms with Crippen LogP contribution in [0.3, 0.4) is 0 Å². The summed E-state index contributed by atoms with van der Waals surface area (Å²) in [5, 5.41) is 0. The van der Waals surface area contributed by atoms with Gasteiger partial charge in [0.05, 0.1) is 6.26 Å². The molecule has 0 unspecified atom stereocenters. The number of carbonyl (C=O) groups excluding carboxylic acids is 1. The van der Waals surface area contributed by atoms with E-state index < -0.39 is 11.0 Å². The Morgan fingerprint density at radius 1 is 1.36 bits per heavy atom. The number of Topliss-reactive ketones (excluding diaryl/α,β-unsaturated/α-hetero) is 1. The van der Waals surface area contributed by atoms with E-state index in [1.54, 1.807) is 12.1 Å². The Morgan fingerprint density at radius 2 is 1.93 bits per heavy atom. The molecule has 14 heavy (non-hydrogen) atoms. The topological polar surface area (TPSA) is 56.2 Å². The number of hydrogen-bond donors (Lipinski definition) is 1. The summed E-state index contributed by atoms with van der Waals surface area (Å²) in [6, 6.07) is 3.36. The maximum absolute atomic E-state index is 12.0. The van der Waals surface area contributed by atoms with Crippen LogP contribution in [0.15, 0.2) is 22.8 Å². The van der Waals surface area contributed by atoms with Crippen molar-refractivity contribution in [2.24, 2.45) is 11.1 Å². The predicted molar refractivity (Wildman–Crippen MR) is 55.1 cm³/mol. The standard InChI is InChI=1S/C11H17NO2/c1-10(2,11(3,4)12)9(13)8-6-5-7-14-8/h5-7H,12H2,1-4H3. The molecule has 1 aromatic heterocycles. The van der Waals surface area contributed by atoms with Gasteiger partial charge in [-0.15, -0.1) is 0 Å². The van der Waals surface area contributed by atoms with Gasteiger partial charge in [0.15, 0.2) is 5.76 Å². The number of ketones is 1. The average Bonchev–Trinajstić information content (AvgIpc) is 2.52. The Hall–Kier alpha value is -1.09. The number of hydrogen-bond acceptors (Lipinski definition) is 3. The van der Waals surface area contributed by atoms with Crippen LogP contribution in [-0.2, 0) is 0 Å². The first kappa shape index (κ1) is 11.0. The minimum Gasteiger partial charge on any atom is -0.461 e. The minimum atomic E-state index is -0.634. The summed E-state index contributed by atoms with van der Waals surface area (Å²) >= 11 is 0. The maximum atomic E-state index is 12.0. The lowest BCUT2D eigenvalue weighted by molar-refractivity contribution is 0.0703. The van der Waals surface area contributed by atoms with Crippen LogP contribution in [0.5, 0.6) is 0 Å². The van der Waals surface area contributed by atoms with E-state index in [4.69, 9.17) is 10.2 Å². The molecule has 3 nitrogen and oxygen atoms in total. The summed E-state index contributed by atoms with van der Waals surface area (Å²) in [5.41, 5.74) is 4.75. The zero-order chi connectivity index (χ0) is 11.0. The molecule has 0 bridgehead atoms. The van der Waals surface area contributed by atoms with Crippen molar-refractivity contribution in [1.82, 2.24) is 0 Å². The van der Waals surface area contributed by atoms with Crippen LogP contribution >= 0.6 is 0 Å². The molecule has 0 atom stereocenters. The van der Waals surface area contributed by atoms with Crippen LogP contribution in [0, 0.1) is 5.41 Å². The van der Waals surface area contributed by atoms with E-state index >= 15 is 0 Å². The highest BCUT2D eigenvalue weighted by Crippen LogP contribution is 2.32. The number of rotatable bonds is 3. The molecule has 2 N–H and O–H groups in total. The molecule has 1 aromatic rings. The zero-order valence-corrected chi connectivity index (χ0v) is 9.13. The van der Waals surface area contributed by atoms with E-state index in [1.807, 2.05) is 27.7 Å². The fraction of sp³-hybridized carbons (Fsp3) is 0.545. The van der Waals surface area contributed by atoms with Crippen molar-refractivity contribution < 1.29 is 9.21 Å². The zero-order valence-electron chi connectivity index (χ0n) is 9.13. The van der Waals surface area contributed by atoms with E-state index in [0.717, 1.165) is 0 Å². The molecule has 0 saturated heterocycles. The number of furan rings is 1. The third-order valence-electron chi connectivity index (χ3n) is 2.92. The van der Waals surface area contributed by atoms with E-state index in [0.29, 0.717) is 5.76 Å². The van der Waals surface area contributed by atoms with Gasteiger partial charge in [-0.3, -0.25) is 4.79 Å². The van der Waals surface area contributed by atoms with Crippen LogP contribution in [-0.4, -0.2) is 11.3 Å². The highest BCUT2D eigenvalue weighted by Gasteiger charge is 2.41. The molecule has 1 heterocycles. The quantitative estimate of drug-likeness (QED) is 0.752. The molecule has 0 aliphatic heterocycles. The lowest BCUT2D eigenvalue weighted by Gasteiger charge is -2.36. The summed E-state index contributed by atoms with van der Waals surface area (Å²) in [5.74, 6) is 0.309. The van der Waals surface area contributed by atoms with Crippen molar-refractivity contribution in [3.8, 4) is 0 Å². The van der Waals surface area contributed by atoms with Crippen molar-refractivity contribution in [2.45, 2.75) is 33.2 Å². The molecular formula is C11H17NO2. The van der Waals surface area contributed by atoms with Crippen molar-refractivity contribution in [3.63, 3.8) is 0 Å². The van der Waals surface area contributed by atoms with Gasteiger partial charge in [-0.05, 0) is 26.0 Å². The van der Waals surface area contributed by atoms with E-state index in [9.17, 15) is 4.79 Å². The van der Waals surface area contributed by atoms with Crippen LogP contribution < -0.4 is 5.73 Å². The van der Waals surface area contributed by atoms with Crippen LogP contribution in [0.25, 0.3) is 0 Å². The van der Waals surface area contributed by atoms with Gasteiger partial charge in [-0.2, -0.15) is 0 Å². The molecule has 0 aromatic carbocycles. The lowest BCUT2D eigenvalue weighted by Crippen LogP contribution is -2.51. The molecule has 0 fully saturated rings. The Morgan fingerprint density at radius 3 is 2.29 bits per heavy atom. The van der Waals surface area contributed by atoms with Crippen molar-refractivity contribution in [1.29, 1.82) is 0 Å². The third-order valence-corrected chi connectivity index (χ3v) is 2.92. The summed E-state index contributed by atoms with van der Waals surface area (Å²) in [6.07, 6.45) is 1.49. The summed E-state index contributed by atoms with van der Waals surface area (Å²) in [7, 11) is 0. The molecule has 0 amide bonds. The Labute approximate surface area is 84.3 Å². The van der Waals surface area contributed by atoms with Crippen molar-refractivity contribution in [3.05, 3.63) is 24.2 Å². The smallest absolute Gasteiger partial charge is 0.205 e. The number of nitrogens with two attached hydrogens (primary N) is 1. The van der Waals surface area contributed by atoms with E-state index in [2.05, 4.69) is 0 Å². The Kier molecular flexibility index (Phi) is 2.54. The molecule has 0 aliphatic carbocycles. The van der Waals surface area contributed by atoms with Gasteiger partial charge in [0.1, 0.15) is 0 Å². The van der Waals surface area contributed by atoms with Crippen LogP contribution in [0.4, 0.5) is 0 Å². The first-order valence-corrected chi connectivity index (χ1v) is 4.64. The summed E-state index contributed by atoms with van der Waals surface area (Å²) < 4.78 is 5.07. The van der Waals surface area contributed by atoms with Gasteiger partial charge in [0.2, 0.25) is 5.78 Å². The Balaban J connectivity index is 3.01. The summed E-state index contributed by atoms with van der Waals surface area (Å²) in [6.45, 7) is 7.34. The second kappa shape index (κ2) is 3.24. The van der Waals surface area contributed by atoms with Crippen molar-refractivity contribution in [2.75, 3.05) is 0 Å². The average molecular weight is 195 g/mol. The van der Waals surface area contributed by atoms with Crippen molar-refractivity contribution >= 4 is 5.78 Å². The fourth-order valence-corrected chi connectivity index (χ4v) is 1.01. The van der Waals surface area contributed by atoms with E-state index in [1.165, 1.54) is 6.26 Å². The first-order valence-electron chi connectivity index (χ1n) is 4.64. The van der Waals surface area contributed by atoms with Gasteiger partial charge in [0, 0.05) is 11.0 Å². The molecular weight excluding hydrogens is 178 g/mol. The minimum absolute atomic E-state index is 0.0602. The number of carbonyl (C=O) groups is 1. The largest absolute Gasteiger partial charge is 0.461 e. The third kappa shape index (κ3) is 1.73. The van der Waals surface area contributed by atoms with Gasteiger partial charge < -0.3 is 10.2 Å². The second-order valence-electron chi connectivity index (χ2n) is 4.65. The van der Waals surface area contributed by atoms with Crippen LogP contribution in [0.2, 0.25) is 0 Å². The SMILES string of the molecule is CC(C)(N)C(C)(C)C(=O)c1ccco1. The molecule has 0 radical (unpaired) electrons. The lowest BCUT2D eigenvalue weighted by atomic mass is 9.71. The normalized spacial score (nSPS) is 12.9. The molecule has 0 spiro atoms. The van der Waals surface area contributed by atoms with E-state index in [-0.39, 0.29) is 5.78 Å². The summed E-state index contributed by atoms with van der Waals surface area (Å²) in [4.78, 5) is 12.0. The van der Waals surface area contributed by atoms with Gasteiger partial charge in [-0.1, -0.05) is 13.8 Å². The fourth-order valence-electron chi connectivity index (χ4n) is 1.01. The first-order chi connectivity index (χ1) is 6.27. The predicted octanol–water partition coefficient (Wildman–Crippen LogP) is 2.23. The van der Waals surface area contributed by atoms with Crippen LogP contribution in [0.1, 0.15) is 38.2 Å². The molecule has 1 rings (SSSR count). The molecule has 0 saturated carbocycles. The highest BCUT2D eigenvalue weighted by molar-refractivity contribution is 5.98. The monoisotopic (exact) mass is 195 g/mol. The Bertz CT molecular complexity index is 318. The molecule has 3 heteroatoms. The maximum Gasteiger partial charge on any atom is 0.205 e. The van der Waals surface area contributed by atoms with Gasteiger partial charge in [-0.25, -0.2) is 0 Å². The molecule has 78 valence electrons. The molecule has 0 aliphatic rings. The second-order valence-corrected chi connectivity index (χ2v) is 4.65. The van der Waals surface area contributed by atoms with Gasteiger partial charge in [0.25, 0.3) is 0 Å². The van der Waals surface area contributed by atoms with Gasteiger partial charge >= 0.3 is 0 Å².